The van der Waals surface area contributed by atoms with Crippen LogP contribution in [0.25, 0.3) is 0 Å². The Kier molecular flexibility index (Phi) is 4.93. The average molecular weight is 327 g/mol. The van der Waals surface area contributed by atoms with Crippen LogP contribution in [0.5, 0.6) is 0 Å². The van der Waals surface area contributed by atoms with Gasteiger partial charge in [-0.1, -0.05) is 30.7 Å². The Morgan fingerprint density at radius 3 is 2.59 bits per heavy atom. The van der Waals surface area contributed by atoms with Crippen LogP contribution in [0.2, 0.25) is 5.02 Å². The summed E-state index contributed by atoms with van der Waals surface area (Å²) in [5.74, 6) is -0.232. The Bertz CT molecular complexity index is 563. The normalized spacial score (nSPS) is 24.9. The van der Waals surface area contributed by atoms with E-state index in [9.17, 15) is 14.7 Å². The first-order valence-electron chi connectivity index (χ1n) is 7.12. The number of halogens is 1. The number of amides is 2. The SMILES string of the molecule is CCC(=O)NC1CN(C(=O)O)CCC1(O)c1ccc(Cl)cc1. The van der Waals surface area contributed by atoms with Gasteiger partial charge in [-0.15, -0.1) is 0 Å². The third-order valence-corrected chi connectivity index (χ3v) is 4.27. The van der Waals surface area contributed by atoms with Gasteiger partial charge in [0.15, 0.2) is 0 Å². The molecule has 1 heterocycles. The van der Waals surface area contributed by atoms with Crippen LogP contribution >= 0.6 is 11.6 Å². The molecule has 0 aromatic heterocycles. The minimum Gasteiger partial charge on any atom is -0.465 e. The quantitative estimate of drug-likeness (QED) is 0.790. The molecule has 0 radical (unpaired) electrons. The summed E-state index contributed by atoms with van der Waals surface area (Å²) >= 11 is 5.87. The highest BCUT2D eigenvalue weighted by atomic mass is 35.5. The van der Waals surface area contributed by atoms with Crippen LogP contribution < -0.4 is 5.32 Å². The Hall–Kier alpha value is -1.79. The van der Waals surface area contributed by atoms with Crippen LogP contribution in [0.4, 0.5) is 4.79 Å². The van der Waals surface area contributed by atoms with Gasteiger partial charge in [0, 0.05) is 31.0 Å². The maximum absolute atomic E-state index is 11.7. The van der Waals surface area contributed by atoms with Crippen molar-refractivity contribution in [3.8, 4) is 0 Å². The summed E-state index contributed by atoms with van der Waals surface area (Å²) < 4.78 is 0. The van der Waals surface area contributed by atoms with Crippen molar-refractivity contribution >= 4 is 23.6 Å². The molecule has 2 unspecified atom stereocenters. The second-order valence-corrected chi connectivity index (χ2v) is 5.82. The molecular formula is C15H19ClN2O4. The van der Waals surface area contributed by atoms with Crippen LogP contribution in [0, 0.1) is 0 Å². The second kappa shape index (κ2) is 6.54. The Labute approximate surface area is 133 Å². The molecule has 6 nitrogen and oxygen atoms in total. The van der Waals surface area contributed by atoms with Crippen LogP contribution in [0.3, 0.4) is 0 Å². The number of rotatable bonds is 3. The number of carboxylic acid groups (broad SMARTS) is 1. The number of carbonyl (C=O) groups is 2. The van der Waals surface area contributed by atoms with Gasteiger partial charge in [-0.2, -0.15) is 0 Å². The zero-order valence-electron chi connectivity index (χ0n) is 12.3. The van der Waals surface area contributed by atoms with E-state index in [-0.39, 0.29) is 31.8 Å². The lowest BCUT2D eigenvalue weighted by molar-refractivity contribution is -0.126. The predicted molar refractivity (Wildman–Crippen MR) is 81.8 cm³/mol. The molecule has 2 rings (SSSR count). The maximum atomic E-state index is 11.7. The van der Waals surface area contributed by atoms with E-state index in [4.69, 9.17) is 16.7 Å². The van der Waals surface area contributed by atoms with Crippen molar-refractivity contribution in [3.05, 3.63) is 34.9 Å². The summed E-state index contributed by atoms with van der Waals surface area (Å²) in [6.07, 6.45) is -0.593. The first kappa shape index (κ1) is 16.6. The molecule has 1 fully saturated rings. The highest BCUT2D eigenvalue weighted by Crippen LogP contribution is 2.34. The summed E-state index contributed by atoms with van der Waals surface area (Å²) in [5.41, 5.74) is -0.704. The van der Waals surface area contributed by atoms with Crippen molar-refractivity contribution in [1.29, 1.82) is 0 Å². The third kappa shape index (κ3) is 3.34. The number of nitrogens with zero attached hydrogens (tertiary/aromatic N) is 1. The maximum Gasteiger partial charge on any atom is 0.407 e. The smallest absolute Gasteiger partial charge is 0.407 e. The van der Waals surface area contributed by atoms with Gasteiger partial charge in [0.05, 0.1) is 6.04 Å². The molecule has 0 bridgehead atoms. The molecule has 0 spiro atoms. The third-order valence-electron chi connectivity index (χ3n) is 4.01. The molecule has 120 valence electrons. The van der Waals surface area contributed by atoms with E-state index in [0.29, 0.717) is 10.6 Å². The number of carbonyl (C=O) groups excluding carboxylic acids is 1. The fourth-order valence-electron chi connectivity index (χ4n) is 2.66. The van der Waals surface area contributed by atoms with Gasteiger partial charge in [0.25, 0.3) is 0 Å². The number of hydrogen-bond donors (Lipinski definition) is 3. The molecule has 1 saturated heterocycles. The van der Waals surface area contributed by atoms with Crippen molar-refractivity contribution < 1.29 is 19.8 Å². The zero-order valence-corrected chi connectivity index (χ0v) is 13.0. The number of piperidine rings is 1. The van der Waals surface area contributed by atoms with Crippen LogP contribution in [-0.4, -0.2) is 46.2 Å². The number of likely N-dealkylation sites (tertiary alicyclic amines) is 1. The zero-order chi connectivity index (χ0) is 16.3. The van der Waals surface area contributed by atoms with Crippen molar-refractivity contribution in [2.24, 2.45) is 0 Å². The molecule has 22 heavy (non-hydrogen) atoms. The number of benzene rings is 1. The van der Waals surface area contributed by atoms with Crippen molar-refractivity contribution in [1.82, 2.24) is 10.2 Å². The summed E-state index contributed by atoms with van der Waals surface area (Å²) in [5, 5.41) is 23.5. The van der Waals surface area contributed by atoms with Gasteiger partial charge in [-0.3, -0.25) is 4.79 Å². The average Bonchev–Trinajstić information content (AvgIpc) is 2.49. The molecule has 1 aliphatic heterocycles. The lowest BCUT2D eigenvalue weighted by atomic mass is 9.80. The molecule has 2 atom stereocenters. The highest BCUT2D eigenvalue weighted by molar-refractivity contribution is 6.30. The monoisotopic (exact) mass is 326 g/mol. The van der Waals surface area contributed by atoms with Gasteiger partial charge < -0.3 is 20.4 Å². The van der Waals surface area contributed by atoms with Gasteiger partial charge in [0.2, 0.25) is 5.91 Å². The van der Waals surface area contributed by atoms with E-state index in [0.717, 1.165) is 0 Å². The second-order valence-electron chi connectivity index (χ2n) is 5.38. The van der Waals surface area contributed by atoms with E-state index in [2.05, 4.69) is 5.32 Å². The van der Waals surface area contributed by atoms with E-state index < -0.39 is 17.7 Å². The van der Waals surface area contributed by atoms with E-state index >= 15 is 0 Å². The lowest BCUT2D eigenvalue weighted by Gasteiger charge is -2.44. The summed E-state index contributed by atoms with van der Waals surface area (Å²) in [7, 11) is 0. The molecule has 0 saturated carbocycles. The van der Waals surface area contributed by atoms with Gasteiger partial charge >= 0.3 is 6.09 Å². The van der Waals surface area contributed by atoms with E-state index in [1.807, 2.05) is 0 Å². The fraction of sp³-hybridized carbons (Fsp3) is 0.467. The molecule has 1 aromatic rings. The van der Waals surface area contributed by atoms with Crippen molar-refractivity contribution in [2.45, 2.75) is 31.4 Å². The Morgan fingerprint density at radius 1 is 1.41 bits per heavy atom. The first-order valence-corrected chi connectivity index (χ1v) is 7.50. The van der Waals surface area contributed by atoms with Gasteiger partial charge in [-0.05, 0) is 17.7 Å². The van der Waals surface area contributed by atoms with Gasteiger partial charge in [-0.25, -0.2) is 4.79 Å². The number of hydrogen-bond acceptors (Lipinski definition) is 3. The summed E-state index contributed by atoms with van der Waals surface area (Å²) in [6.45, 7) is 1.95. The first-order chi connectivity index (χ1) is 10.4. The minimum atomic E-state index is -1.32. The summed E-state index contributed by atoms with van der Waals surface area (Å²) in [6, 6.07) is 6.02. The van der Waals surface area contributed by atoms with Crippen LogP contribution in [0.1, 0.15) is 25.3 Å². The van der Waals surface area contributed by atoms with Crippen molar-refractivity contribution in [2.75, 3.05) is 13.1 Å². The van der Waals surface area contributed by atoms with Crippen LogP contribution in [-0.2, 0) is 10.4 Å². The molecule has 7 heteroatoms. The van der Waals surface area contributed by atoms with Crippen molar-refractivity contribution in [3.63, 3.8) is 0 Å². The standard InChI is InChI=1S/C15H19ClN2O4/c1-2-13(19)17-12-9-18(14(20)21)8-7-15(12,22)10-3-5-11(16)6-4-10/h3-6,12,22H,2,7-9H2,1H3,(H,17,19)(H,20,21). The summed E-state index contributed by atoms with van der Waals surface area (Å²) in [4.78, 5) is 24.1. The minimum absolute atomic E-state index is 0.0419. The molecular weight excluding hydrogens is 308 g/mol. The lowest BCUT2D eigenvalue weighted by Crippen LogP contribution is -2.61. The molecule has 0 aliphatic carbocycles. The molecule has 1 aliphatic rings. The Balaban J connectivity index is 2.31. The predicted octanol–water partition coefficient (Wildman–Crippen LogP) is 1.81. The molecule has 1 aromatic carbocycles. The molecule has 2 amide bonds. The van der Waals surface area contributed by atoms with Gasteiger partial charge in [0.1, 0.15) is 5.60 Å². The molecule has 3 N–H and O–H groups in total. The fourth-order valence-corrected chi connectivity index (χ4v) is 2.79. The largest absolute Gasteiger partial charge is 0.465 e. The Morgan fingerprint density at radius 2 is 2.05 bits per heavy atom. The topological polar surface area (TPSA) is 89.9 Å². The number of nitrogens with one attached hydrogen (secondary N) is 1. The van der Waals surface area contributed by atoms with E-state index in [1.165, 1.54) is 4.90 Å². The highest BCUT2D eigenvalue weighted by Gasteiger charge is 2.44. The van der Waals surface area contributed by atoms with E-state index in [1.54, 1.807) is 31.2 Å². The number of aliphatic hydroxyl groups is 1. The van der Waals surface area contributed by atoms with Crippen LogP contribution in [0.15, 0.2) is 24.3 Å².